The Kier molecular flexibility index (Phi) is 6.75. The Morgan fingerprint density at radius 1 is 1.10 bits per heavy atom. The van der Waals surface area contributed by atoms with Crippen molar-refractivity contribution in [1.29, 1.82) is 0 Å². The number of thioether (sulfide) groups is 1. The summed E-state index contributed by atoms with van der Waals surface area (Å²) >= 11 is 1.14. The Balaban J connectivity index is 1.82. The number of nitrogens with zero attached hydrogens (tertiary/aromatic N) is 3. The largest absolute Gasteiger partial charge is 0.334 e. The predicted molar refractivity (Wildman–Crippen MR) is 109 cm³/mol. The van der Waals surface area contributed by atoms with E-state index in [0.29, 0.717) is 16.5 Å². The fourth-order valence-corrected chi connectivity index (χ4v) is 3.21. The zero-order chi connectivity index (χ0) is 20.6. The van der Waals surface area contributed by atoms with Crippen molar-refractivity contribution in [2.75, 3.05) is 12.3 Å². The minimum Gasteiger partial charge on any atom is -0.334 e. The summed E-state index contributed by atoms with van der Waals surface area (Å²) in [4.78, 5) is 23.6. The fraction of sp³-hybridized carbons (Fsp3) is 0.100. The molecule has 1 heterocycles. The van der Waals surface area contributed by atoms with Gasteiger partial charge in [-0.2, -0.15) is 0 Å². The molecular formula is C20H18FN5O2S. The molecule has 0 aliphatic carbocycles. The molecule has 0 fully saturated rings. The van der Waals surface area contributed by atoms with Crippen molar-refractivity contribution in [3.63, 3.8) is 0 Å². The van der Waals surface area contributed by atoms with Gasteiger partial charge in [0.25, 0.3) is 0 Å². The van der Waals surface area contributed by atoms with E-state index in [-0.39, 0.29) is 18.1 Å². The molecule has 0 saturated carbocycles. The van der Waals surface area contributed by atoms with Gasteiger partial charge in [-0.3, -0.25) is 14.7 Å². The lowest BCUT2D eigenvalue weighted by molar-refractivity contribution is -0.117. The Morgan fingerprint density at radius 2 is 1.83 bits per heavy atom. The number of aromatic nitrogens is 3. The zero-order valence-corrected chi connectivity index (χ0v) is 16.2. The Hall–Kier alpha value is -3.46. The van der Waals surface area contributed by atoms with Gasteiger partial charge >= 0.3 is 6.03 Å². The number of benzene rings is 2. The van der Waals surface area contributed by atoms with Gasteiger partial charge in [0.15, 0.2) is 11.0 Å². The molecule has 0 unspecified atom stereocenters. The number of carbonyl (C=O) groups excluding carboxylic acids is 2. The van der Waals surface area contributed by atoms with Crippen molar-refractivity contribution >= 4 is 23.7 Å². The molecule has 1 aromatic heterocycles. The summed E-state index contributed by atoms with van der Waals surface area (Å²) in [6.07, 6.45) is 1.51. The van der Waals surface area contributed by atoms with Crippen molar-refractivity contribution in [2.24, 2.45) is 0 Å². The maximum absolute atomic E-state index is 13.3. The molecule has 0 saturated heterocycles. The van der Waals surface area contributed by atoms with Crippen LogP contribution in [-0.2, 0) is 4.79 Å². The van der Waals surface area contributed by atoms with Gasteiger partial charge in [-0.25, -0.2) is 9.18 Å². The third-order valence-corrected chi connectivity index (χ3v) is 4.67. The number of hydrogen-bond acceptors (Lipinski definition) is 5. The van der Waals surface area contributed by atoms with Crippen LogP contribution in [-0.4, -0.2) is 39.0 Å². The van der Waals surface area contributed by atoms with Crippen LogP contribution in [0.2, 0.25) is 0 Å². The van der Waals surface area contributed by atoms with Gasteiger partial charge in [-0.05, 0) is 36.4 Å². The molecule has 3 rings (SSSR count). The SMILES string of the molecule is C=CCNC(=O)NC(=O)CSc1nnc(-c2ccc(F)cc2)n1-c1ccccc1. The lowest BCUT2D eigenvalue weighted by Gasteiger charge is -2.10. The molecule has 0 aliphatic heterocycles. The Morgan fingerprint density at radius 3 is 2.52 bits per heavy atom. The summed E-state index contributed by atoms with van der Waals surface area (Å²) < 4.78 is 15.1. The number of urea groups is 1. The van der Waals surface area contributed by atoms with E-state index in [2.05, 4.69) is 27.4 Å². The van der Waals surface area contributed by atoms with Crippen molar-refractivity contribution < 1.29 is 14.0 Å². The molecule has 0 bridgehead atoms. The number of nitrogens with one attached hydrogen (secondary N) is 2. The first kappa shape index (κ1) is 20.3. The minimum absolute atomic E-state index is 0.0319. The molecule has 2 aromatic carbocycles. The van der Waals surface area contributed by atoms with E-state index in [4.69, 9.17) is 0 Å². The molecule has 7 nitrogen and oxygen atoms in total. The molecule has 0 aliphatic rings. The summed E-state index contributed by atoms with van der Waals surface area (Å²) in [6, 6.07) is 14.7. The zero-order valence-electron chi connectivity index (χ0n) is 15.3. The first-order valence-electron chi connectivity index (χ1n) is 8.66. The van der Waals surface area contributed by atoms with Crippen LogP contribution in [0.25, 0.3) is 17.1 Å². The van der Waals surface area contributed by atoms with Crippen molar-refractivity contribution in [3.05, 3.63) is 73.1 Å². The molecule has 0 atom stereocenters. The number of halogens is 1. The van der Waals surface area contributed by atoms with Crippen molar-refractivity contribution in [1.82, 2.24) is 25.4 Å². The van der Waals surface area contributed by atoms with Gasteiger partial charge in [0.2, 0.25) is 5.91 Å². The van der Waals surface area contributed by atoms with Crippen LogP contribution in [0, 0.1) is 5.82 Å². The molecule has 3 amide bonds. The Labute approximate surface area is 171 Å². The third-order valence-electron chi connectivity index (χ3n) is 3.74. The summed E-state index contributed by atoms with van der Waals surface area (Å²) in [5.41, 5.74) is 1.48. The van der Waals surface area contributed by atoms with Gasteiger partial charge in [0.1, 0.15) is 5.82 Å². The predicted octanol–water partition coefficient (Wildman–Crippen LogP) is 3.18. The van der Waals surface area contributed by atoms with E-state index in [1.807, 2.05) is 30.3 Å². The van der Waals surface area contributed by atoms with Crippen LogP contribution in [0.3, 0.4) is 0 Å². The van der Waals surface area contributed by atoms with Gasteiger partial charge in [-0.15, -0.1) is 16.8 Å². The molecule has 0 spiro atoms. The standard InChI is InChI=1S/C20H18FN5O2S/c1-2-12-22-19(28)23-17(27)13-29-20-25-24-18(14-8-10-15(21)11-9-14)26(20)16-6-4-3-5-7-16/h2-11H,1,12-13H2,(H2,22,23,27,28). The molecule has 0 radical (unpaired) electrons. The quantitative estimate of drug-likeness (QED) is 0.460. The summed E-state index contributed by atoms with van der Waals surface area (Å²) in [6.45, 7) is 3.75. The fourth-order valence-electron chi connectivity index (χ4n) is 2.46. The van der Waals surface area contributed by atoms with E-state index in [0.717, 1.165) is 17.4 Å². The maximum atomic E-state index is 13.3. The molecule has 29 heavy (non-hydrogen) atoms. The second kappa shape index (κ2) is 9.65. The van der Waals surface area contributed by atoms with Crippen LogP contribution >= 0.6 is 11.8 Å². The van der Waals surface area contributed by atoms with Crippen LogP contribution in [0.15, 0.2) is 72.4 Å². The van der Waals surface area contributed by atoms with Crippen molar-refractivity contribution in [3.8, 4) is 17.1 Å². The van der Waals surface area contributed by atoms with Crippen molar-refractivity contribution in [2.45, 2.75) is 5.16 Å². The molecular weight excluding hydrogens is 393 g/mol. The van der Waals surface area contributed by atoms with E-state index < -0.39 is 11.9 Å². The minimum atomic E-state index is -0.591. The number of amides is 3. The number of hydrogen-bond donors (Lipinski definition) is 2. The molecule has 148 valence electrons. The maximum Gasteiger partial charge on any atom is 0.321 e. The summed E-state index contributed by atoms with van der Waals surface area (Å²) in [7, 11) is 0. The number of imide groups is 1. The van der Waals surface area contributed by atoms with E-state index in [1.54, 1.807) is 16.7 Å². The average Bonchev–Trinajstić information content (AvgIpc) is 3.16. The normalized spacial score (nSPS) is 10.4. The third kappa shape index (κ3) is 5.29. The first-order chi connectivity index (χ1) is 14.1. The summed E-state index contributed by atoms with van der Waals surface area (Å²) in [5, 5.41) is 13.6. The highest BCUT2D eigenvalue weighted by molar-refractivity contribution is 7.99. The Bertz CT molecular complexity index is 1010. The molecule has 9 heteroatoms. The van der Waals surface area contributed by atoms with Crippen LogP contribution in [0.1, 0.15) is 0 Å². The first-order valence-corrected chi connectivity index (χ1v) is 9.65. The number of rotatable bonds is 7. The monoisotopic (exact) mass is 411 g/mol. The number of para-hydroxylation sites is 1. The smallest absolute Gasteiger partial charge is 0.321 e. The highest BCUT2D eigenvalue weighted by Crippen LogP contribution is 2.27. The highest BCUT2D eigenvalue weighted by Gasteiger charge is 2.18. The second-order valence-corrected chi connectivity index (χ2v) is 6.76. The highest BCUT2D eigenvalue weighted by atomic mass is 32.2. The van der Waals surface area contributed by atoms with Gasteiger partial charge in [0.05, 0.1) is 5.75 Å². The van der Waals surface area contributed by atoms with Crippen LogP contribution in [0.5, 0.6) is 0 Å². The van der Waals surface area contributed by atoms with Gasteiger partial charge < -0.3 is 5.32 Å². The lowest BCUT2D eigenvalue weighted by Crippen LogP contribution is -2.40. The lowest BCUT2D eigenvalue weighted by atomic mass is 10.2. The van der Waals surface area contributed by atoms with Crippen LogP contribution < -0.4 is 10.6 Å². The molecule has 3 aromatic rings. The van der Waals surface area contributed by atoms with Gasteiger partial charge in [-0.1, -0.05) is 36.0 Å². The topological polar surface area (TPSA) is 88.9 Å². The van der Waals surface area contributed by atoms with Crippen LogP contribution in [0.4, 0.5) is 9.18 Å². The summed E-state index contributed by atoms with van der Waals surface area (Å²) in [5.74, 6) is -0.332. The van der Waals surface area contributed by atoms with E-state index in [9.17, 15) is 14.0 Å². The van der Waals surface area contributed by atoms with Gasteiger partial charge in [0, 0.05) is 17.8 Å². The number of carbonyl (C=O) groups is 2. The van der Waals surface area contributed by atoms with E-state index >= 15 is 0 Å². The molecule has 2 N–H and O–H groups in total. The average molecular weight is 411 g/mol. The second-order valence-electron chi connectivity index (χ2n) is 5.82. The van der Waals surface area contributed by atoms with E-state index in [1.165, 1.54) is 18.2 Å².